The summed E-state index contributed by atoms with van der Waals surface area (Å²) in [4.78, 5) is 41.0. The highest BCUT2D eigenvalue weighted by atomic mass is 35.5. The lowest BCUT2D eigenvalue weighted by Crippen LogP contribution is -2.42. The summed E-state index contributed by atoms with van der Waals surface area (Å²) in [7, 11) is 0. The molecule has 1 saturated heterocycles. The van der Waals surface area contributed by atoms with E-state index in [9.17, 15) is 9.59 Å². The number of benzene rings is 2. The summed E-state index contributed by atoms with van der Waals surface area (Å²) in [6.07, 6.45) is 2.48. The van der Waals surface area contributed by atoms with E-state index in [0.717, 1.165) is 11.3 Å². The number of hydrogen-bond acceptors (Lipinski definition) is 7. The van der Waals surface area contributed by atoms with E-state index in [1.54, 1.807) is 48.2 Å². The summed E-state index contributed by atoms with van der Waals surface area (Å²) in [5, 5.41) is 3.54. The number of aromatic nitrogens is 2. The molecule has 4 rings (SSSR count). The fourth-order valence-corrected chi connectivity index (χ4v) is 4.25. The number of likely N-dealkylation sites (tertiary alicyclic amines) is 1. The molecule has 1 aromatic heterocycles. The maximum Gasteiger partial charge on any atom is 0.272 e. The third-order valence-electron chi connectivity index (χ3n) is 5.11. The van der Waals surface area contributed by atoms with Crippen LogP contribution in [0.3, 0.4) is 0 Å². The Labute approximate surface area is 217 Å². The molecule has 1 fully saturated rings. The normalized spacial score (nSPS) is 13.8. The van der Waals surface area contributed by atoms with E-state index in [4.69, 9.17) is 23.1 Å². The van der Waals surface area contributed by atoms with Crippen molar-refractivity contribution in [2.45, 2.75) is 23.4 Å². The van der Waals surface area contributed by atoms with Crippen molar-refractivity contribution in [3.05, 3.63) is 82.7 Å². The number of carbonyl (C=O) groups excluding carboxylic acids is 2. The molecule has 11 heteroatoms. The van der Waals surface area contributed by atoms with Gasteiger partial charge in [0.25, 0.3) is 11.8 Å². The van der Waals surface area contributed by atoms with Crippen molar-refractivity contribution in [3.63, 3.8) is 0 Å². The summed E-state index contributed by atoms with van der Waals surface area (Å²) in [6.45, 7) is 3.09. The molecule has 3 aromatic rings. The number of nitrogens with two attached hydrogens (primary N) is 2. The van der Waals surface area contributed by atoms with Crippen molar-refractivity contribution in [2.24, 2.45) is 16.5 Å². The van der Waals surface area contributed by atoms with Gasteiger partial charge in [-0.3, -0.25) is 9.59 Å². The van der Waals surface area contributed by atoms with Crippen LogP contribution in [-0.2, 0) is 0 Å². The van der Waals surface area contributed by atoms with Gasteiger partial charge in [0.15, 0.2) is 11.0 Å². The number of amidine groups is 1. The zero-order valence-electron chi connectivity index (χ0n) is 19.4. The number of halogens is 1. The maximum atomic E-state index is 12.8. The number of nitrogens with one attached hydrogen (secondary N) is 1. The van der Waals surface area contributed by atoms with Gasteiger partial charge in [0.1, 0.15) is 11.5 Å². The monoisotopic (exact) mass is 521 g/mol. The van der Waals surface area contributed by atoms with Crippen LogP contribution in [0.5, 0.6) is 0 Å². The van der Waals surface area contributed by atoms with E-state index >= 15 is 0 Å². The number of hydrogen-bond donors (Lipinski definition) is 3. The second kappa shape index (κ2) is 11.2. The van der Waals surface area contributed by atoms with E-state index in [2.05, 4.69) is 20.3 Å². The highest BCUT2D eigenvalue weighted by Gasteiger charge is 2.24. The molecule has 36 heavy (non-hydrogen) atoms. The second-order valence-corrected chi connectivity index (χ2v) is 9.47. The molecule has 9 nitrogen and oxygen atoms in total. The largest absolute Gasteiger partial charge is 0.402 e. The van der Waals surface area contributed by atoms with Gasteiger partial charge in [-0.2, -0.15) is 0 Å². The van der Waals surface area contributed by atoms with Crippen molar-refractivity contribution >= 4 is 52.5 Å². The average molecular weight is 522 g/mol. The van der Waals surface area contributed by atoms with Crippen molar-refractivity contribution in [2.75, 3.05) is 18.4 Å². The Morgan fingerprint density at radius 2 is 1.83 bits per heavy atom. The molecule has 0 bridgehead atoms. The van der Waals surface area contributed by atoms with Crippen LogP contribution in [-0.4, -0.2) is 45.6 Å². The Morgan fingerprint density at radius 3 is 2.47 bits per heavy atom. The average Bonchev–Trinajstić information content (AvgIpc) is 2.78. The number of carbonyl (C=O) groups is 2. The quantitative estimate of drug-likeness (QED) is 0.240. The van der Waals surface area contributed by atoms with Gasteiger partial charge in [-0.05, 0) is 67.6 Å². The van der Waals surface area contributed by atoms with Crippen LogP contribution in [0.2, 0.25) is 5.02 Å². The van der Waals surface area contributed by atoms with E-state index < -0.39 is 0 Å². The zero-order valence-corrected chi connectivity index (χ0v) is 21.0. The maximum absolute atomic E-state index is 12.8. The van der Waals surface area contributed by atoms with Gasteiger partial charge >= 0.3 is 0 Å². The highest BCUT2D eigenvalue weighted by Crippen LogP contribution is 2.29. The van der Waals surface area contributed by atoms with Crippen LogP contribution in [0.15, 0.2) is 81.4 Å². The van der Waals surface area contributed by atoms with Crippen LogP contribution < -0.4 is 16.8 Å². The van der Waals surface area contributed by atoms with Crippen molar-refractivity contribution in [1.29, 1.82) is 0 Å². The number of amides is 2. The minimum Gasteiger partial charge on any atom is -0.402 e. The standard InChI is InChI=1S/C25H24ClN7O2S/c1-15(27)13-21(28)31-22-14-20(24(35)33-11-4-12-33)30-25(32-22)36-17-9-7-16(8-10-17)29-23(34)18-5-2-3-6-19(18)26/h2-3,5-10,13-14H,4,11-12,27H2,1H3,(H,29,34)(H2,28,30,31,32)/b15-13-. The third kappa shape index (κ3) is 6.41. The molecule has 1 aliphatic heterocycles. The van der Waals surface area contributed by atoms with Gasteiger partial charge in [0.2, 0.25) is 0 Å². The Kier molecular flexibility index (Phi) is 7.87. The van der Waals surface area contributed by atoms with E-state index in [1.807, 2.05) is 12.1 Å². The molecule has 2 heterocycles. The van der Waals surface area contributed by atoms with E-state index in [1.165, 1.54) is 23.9 Å². The Bertz CT molecular complexity index is 1350. The Morgan fingerprint density at radius 1 is 1.11 bits per heavy atom. The predicted molar refractivity (Wildman–Crippen MR) is 142 cm³/mol. The molecule has 5 N–H and O–H groups in total. The molecule has 0 atom stereocenters. The first-order valence-corrected chi connectivity index (χ1v) is 12.3. The Hall–Kier alpha value is -3.89. The van der Waals surface area contributed by atoms with Crippen LogP contribution in [0.1, 0.15) is 34.2 Å². The molecular weight excluding hydrogens is 498 g/mol. The summed E-state index contributed by atoms with van der Waals surface area (Å²) in [5.41, 5.74) is 13.3. The van der Waals surface area contributed by atoms with Crippen LogP contribution in [0.25, 0.3) is 0 Å². The number of rotatable bonds is 7. The van der Waals surface area contributed by atoms with Crippen LogP contribution in [0.4, 0.5) is 11.5 Å². The Balaban J connectivity index is 1.54. The number of aliphatic imine (C=N–C) groups is 1. The lowest BCUT2D eigenvalue weighted by molar-refractivity contribution is 0.0644. The van der Waals surface area contributed by atoms with Crippen molar-refractivity contribution in [3.8, 4) is 0 Å². The molecule has 0 unspecified atom stereocenters. The van der Waals surface area contributed by atoms with Crippen molar-refractivity contribution < 1.29 is 9.59 Å². The molecule has 0 aliphatic carbocycles. The molecule has 2 amide bonds. The second-order valence-electron chi connectivity index (χ2n) is 8.03. The first-order valence-electron chi connectivity index (χ1n) is 11.1. The van der Waals surface area contributed by atoms with Crippen LogP contribution in [0, 0.1) is 0 Å². The fraction of sp³-hybridized carbons (Fsp3) is 0.160. The van der Waals surface area contributed by atoms with Gasteiger partial charge in [-0.25, -0.2) is 15.0 Å². The molecule has 0 saturated carbocycles. The number of nitrogens with zero attached hydrogens (tertiary/aromatic N) is 4. The molecule has 184 valence electrons. The molecule has 2 aromatic carbocycles. The van der Waals surface area contributed by atoms with Crippen molar-refractivity contribution in [1.82, 2.24) is 14.9 Å². The minimum atomic E-state index is -0.302. The van der Waals surface area contributed by atoms with Gasteiger partial charge in [-0.15, -0.1) is 0 Å². The lowest BCUT2D eigenvalue weighted by Gasteiger charge is -2.30. The van der Waals surface area contributed by atoms with E-state index in [0.29, 0.717) is 40.2 Å². The van der Waals surface area contributed by atoms with Gasteiger partial charge in [-0.1, -0.05) is 23.7 Å². The van der Waals surface area contributed by atoms with Gasteiger partial charge in [0, 0.05) is 35.4 Å². The summed E-state index contributed by atoms with van der Waals surface area (Å²) >= 11 is 7.37. The smallest absolute Gasteiger partial charge is 0.272 e. The highest BCUT2D eigenvalue weighted by molar-refractivity contribution is 7.99. The molecular formula is C25H24ClN7O2S. The topological polar surface area (TPSA) is 140 Å². The third-order valence-corrected chi connectivity index (χ3v) is 6.32. The summed E-state index contributed by atoms with van der Waals surface area (Å²) < 4.78 is 0. The SMILES string of the molecule is C/C(N)=C/C(N)=Nc1cc(C(=O)N2CCC2)nc(Sc2ccc(NC(=O)c3ccccc3Cl)cc2)n1. The summed E-state index contributed by atoms with van der Waals surface area (Å²) in [5.74, 6) is -0.0484. The lowest BCUT2D eigenvalue weighted by atomic mass is 10.2. The zero-order chi connectivity index (χ0) is 25.7. The van der Waals surface area contributed by atoms with E-state index in [-0.39, 0.29) is 29.2 Å². The number of anilines is 1. The first kappa shape index (κ1) is 25.2. The van der Waals surface area contributed by atoms with Crippen LogP contribution >= 0.6 is 23.4 Å². The number of allylic oxidation sites excluding steroid dienone is 1. The molecule has 0 spiro atoms. The van der Waals surface area contributed by atoms with Gasteiger partial charge < -0.3 is 21.7 Å². The predicted octanol–water partition coefficient (Wildman–Crippen LogP) is 4.23. The molecule has 1 aliphatic rings. The minimum absolute atomic E-state index is 0.172. The fourth-order valence-electron chi connectivity index (χ4n) is 3.26. The molecule has 0 radical (unpaired) electrons. The summed E-state index contributed by atoms with van der Waals surface area (Å²) in [6, 6.07) is 15.5. The van der Waals surface area contributed by atoms with Gasteiger partial charge in [0.05, 0.1) is 10.6 Å². The first-order chi connectivity index (χ1) is 17.3.